The molecule has 0 fully saturated rings. The molecule has 486 valence electrons. The van der Waals surface area contributed by atoms with Gasteiger partial charge < -0.3 is 0 Å². The molecule has 5 aromatic heterocycles. The van der Waals surface area contributed by atoms with E-state index in [1.807, 2.05) is 24.8 Å². The Balaban J connectivity index is 0.000000105. The van der Waals surface area contributed by atoms with Crippen LogP contribution in [-0.2, 0) is 21.1 Å². The molecule has 6 unspecified atom stereocenters. The largest absolute Gasteiger partial charge is 0.257 e. The molecule has 101 heavy (non-hydrogen) atoms. The first-order chi connectivity index (χ1) is 49.2. The average Bonchev–Trinajstić information content (AvgIpc) is 0.707. The summed E-state index contributed by atoms with van der Waals surface area (Å²) in [6, 6.07) is 69.6. The van der Waals surface area contributed by atoms with Gasteiger partial charge in [0, 0.05) is 58.7 Å². The van der Waals surface area contributed by atoms with Crippen molar-refractivity contribution in [3.63, 3.8) is 0 Å². The highest BCUT2D eigenvalue weighted by Gasteiger charge is 2.51. The molecule has 0 saturated heterocycles. The zero-order valence-electron chi connectivity index (χ0n) is 59.0. The molecule has 6 bridgehead atoms. The van der Waals surface area contributed by atoms with Gasteiger partial charge >= 0.3 is 0 Å². The predicted octanol–water partition coefficient (Wildman–Crippen LogP) is 18.4. The van der Waals surface area contributed by atoms with Crippen LogP contribution in [0.25, 0.3) is 66.1 Å². The van der Waals surface area contributed by atoms with Crippen LogP contribution in [0.3, 0.4) is 0 Å². The third-order valence-corrected chi connectivity index (χ3v) is 23.6. The second kappa shape index (κ2) is 22.8. The highest BCUT2D eigenvalue weighted by Crippen LogP contribution is 2.60. The van der Waals surface area contributed by atoms with E-state index in [1.165, 1.54) is 189 Å². The van der Waals surface area contributed by atoms with Crippen LogP contribution in [-0.4, -0.2) is 24.9 Å². The summed E-state index contributed by atoms with van der Waals surface area (Å²) in [5.74, 6) is 0.736. The molecule has 24 rings (SSSR count). The van der Waals surface area contributed by atoms with Crippen LogP contribution in [0.4, 0.5) is 0 Å². The van der Waals surface area contributed by atoms with Gasteiger partial charge in [0.25, 0.3) is 0 Å². The van der Waals surface area contributed by atoms with Gasteiger partial charge in [0.1, 0.15) is 26.8 Å². The Morgan fingerprint density at radius 3 is 1.19 bits per heavy atom. The molecule has 9 aliphatic carbocycles. The molecule has 10 aromatic carbocycles. The molecule has 0 aliphatic heterocycles. The molecule has 9 aliphatic rings. The first kappa shape index (κ1) is 60.7. The normalized spacial score (nSPS) is 17.5. The van der Waals surface area contributed by atoms with Gasteiger partial charge in [-0.25, -0.2) is 14.1 Å². The number of aryl methyl sites for hydroxylation is 8. The minimum absolute atomic E-state index is 0.0691. The van der Waals surface area contributed by atoms with Crippen LogP contribution in [0.15, 0.2) is 231 Å². The highest BCUT2D eigenvalue weighted by atomic mass is 15.0. The third kappa shape index (κ3) is 8.99. The molecule has 15 aromatic rings. The molecule has 0 spiro atoms. The number of rotatable bonds is 3. The maximum Gasteiger partial charge on any atom is 0.231 e. The zero-order valence-corrected chi connectivity index (χ0v) is 59.0. The number of aromatic nitrogens is 8. The third-order valence-electron chi connectivity index (χ3n) is 23.6. The summed E-state index contributed by atoms with van der Waals surface area (Å²) in [6.07, 6.45) is 14.0. The van der Waals surface area contributed by atoms with E-state index in [4.69, 9.17) is 24.9 Å². The summed E-state index contributed by atoms with van der Waals surface area (Å²) in [5, 5.41) is 7.75. The predicted molar refractivity (Wildman–Crippen MR) is 403 cm³/mol. The maximum absolute atomic E-state index is 5.14. The Morgan fingerprint density at radius 2 is 0.693 bits per heavy atom. The summed E-state index contributed by atoms with van der Waals surface area (Å²) in [7, 11) is 6.58. The SMILES string of the molecule is Cc1cc(C)c(C)c(-c2c3c(c(C)c[n+]2C)C2c4cc5ccccc5cc4C3c3nccnc32)c1.Cc1cc(C)c(C)c(-c2c3c(cc[n+]2C)C2c4cc5ccccc5cc4C3c3nccnc32)c1.Cc1ccccc1-c1cnc2c([n+]1C)C1c3ccccc3C2c2cc3ccccc3cc21. The van der Waals surface area contributed by atoms with Crippen molar-refractivity contribution in [3.8, 4) is 33.8 Å². The molecule has 8 heteroatoms. The van der Waals surface area contributed by atoms with Gasteiger partial charge in [0.15, 0.2) is 12.4 Å². The van der Waals surface area contributed by atoms with Gasteiger partial charge in [-0.2, -0.15) is 4.57 Å². The zero-order chi connectivity index (χ0) is 68.5. The number of fused-ring (bicyclic) bond motifs is 3. The number of hydrogen-bond acceptors (Lipinski definition) is 5. The molecule has 6 atom stereocenters. The Hall–Kier alpha value is -11.5. The fourth-order valence-electron chi connectivity index (χ4n) is 19.0. The second-order valence-electron chi connectivity index (χ2n) is 29.4. The van der Waals surface area contributed by atoms with E-state index in [-0.39, 0.29) is 35.5 Å². The van der Waals surface area contributed by atoms with Crippen LogP contribution >= 0.6 is 0 Å². The lowest BCUT2D eigenvalue weighted by atomic mass is 9.62. The van der Waals surface area contributed by atoms with Crippen molar-refractivity contribution in [3.05, 3.63) is 377 Å². The van der Waals surface area contributed by atoms with Crippen LogP contribution in [0.1, 0.15) is 181 Å². The lowest BCUT2D eigenvalue weighted by molar-refractivity contribution is -0.670. The van der Waals surface area contributed by atoms with Crippen molar-refractivity contribution >= 4 is 32.3 Å². The number of nitrogens with zero attached hydrogens (tertiary/aromatic N) is 8. The molecule has 0 saturated carbocycles. The smallest absolute Gasteiger partial charge is 0.231 e. The van der Waals surface area contributed by atoms with Crippen molar-refractivity contribution in [1.82, 2.24) is 24.9 Å². The monoisotopic (exact) mass is 1310 g/mol. The van der Waals surface area contributed by atoms with E-state index in [1.54, 1.807) is 0 Å². The van der Waals surface area contributed by atoms with Crippen molar-refractivity contribution in [1.29, 1.82) is 0 Å². The summed E-state index contributed by atoms with van der Waals surface area (Å²) in [5.41, 5.74) is 41.9. The molecule has 8 nitrogen and oxygen atoms in total. The second-order valence-corrected chi connectivity index (χ2v) is 29.4. The van der Waals surface area contributed by atoms with E-state index in [2.05, 4.69) is 297 Å². The van der Waals surface area contributed by atoms with Gasteiger partial charge in [0.2, 0.25) is 22.8 Å². The average molecular weight is 1310 g/mol. The standard InChI is InChI=1S/C32H28N3.C31H26N3.C30H23N2/c1-17-12-18(2)20(4)23(13-17)32-29-26(19(3)16-35(32)5)27-24-14-21-8-6-7-9-22(21)15-25(24)28(29)31-30(27)33-10-11-34-31;1-17-13-18(2)19(3)23(14-17)31-28-22(9-12-34(31)4)26-24-15-20-7-5-6-8-21(20)16-25(24)27(28)30-29(26)32-10-11-33-30;1-18-9-3-6-12-21(18)26-17-31-29-27-22-13-7-8-14-23(22)28(30(29)32(26)2)25-16-20-11-5-4-10-19(20)15-24(25)27/h6-16,27-28H,1-5H3;5-16,26-27H,1-4H3;3-17,27-28H,1-2H3/q3*+1. The molecule has 0 amide bonds. The van der Waals surface area contributed by atoms with Crippen molar-refractivity contribution in [2.24, 2.45) is 21.1 Å². The van der Waals surface area contributed by atoms with E-state index in [0.717, 1.165) is 22.8 Å². The van der Waals surface area contributed by atoms with Crippen LogP contribution < -0.4 is 13.7 Å². The summed E-state index contributed by atoms with van der Waals surface area (Å²) < 4.78 is 7.04. The fourth-order valence-corrected chi connectivity index (χ4v) is 19.0. The quantitative estimate of drug-likeness (QED) is 0.165. The number of pyridine rings is 2. The molecular formula is C93H77N8+3. The number of benzene rings is 10. The van der Waals surface area contributed by atoms with Crippen molar-refractivity contribution < 1.29 is 13.7 Å². The maximum atomic E-state index is 5.14. The molecule has 0 N–H and O–H groups in total. The first-order valence-electron chi connectivity index (χ1n) is 35.6. The van der Waals surface area contributed by atoms with Crippen LogP contribution in [0.2, 0.25) is 0 Å². The lowest BCUT2D eigenvalue weighted by Crippen LogP contribution is -2.45. The van der Waals surface area contributed by atoms with E-state index in [9.17, 15) is 0 Å². The van der Waals surface area contributed by atoms with Crippen LogP contribution in [0.5, 0.6) is 0 Å². The first-order valence-corrected chi connectivity index (χ1v) is 35.6. The van der Waals surface area contributed by atoms with E-state index >= 15 is 0 Å². The molecule has 5 heterocycles. The minimum atomic E-state index is 0.0691. The lowest BCUT2D eigenvalue weighted by Gasteiger charge is -2.41. The summed E-state index contributed by atoms with van der Waals surface area (Å²) in [4.78, 5) is 24.8. The van der Waals surface area contributed by atoms with E-state index in [0.29, 0.717) is 0 Å². The van der Waals surface area contributed by atoms with Gasteiger partial charge in [-0.15, -0.1) is 0 Å². The van der Waals surface area contributed by atoms with Gasteiger partial charge in [0.05, 0.1) is 70.0 Å². The molecular weight excluding hydrogens is 1230 g/mol. The Morgan fingerprint density at radius 1 is 0.297 bits per heavy atom. The van der Waals surface area contributed by atoms with Gasteiger partial charge in [-0.1, -0.05) is 139 Å². The summed E-state index contributed by atoms with van der Waals surface area (Å²) >= 11 is 0. The van der Waals surface area contributed by atoms with E-state index < -0.39 is 0 Å². The Bertz CT molecular complexity index is 6120. The van der Waals surface area contributed by atoms with Crippen molar-refractivity contribution in [2.45, 2.75) is 90.9 Å². The Kier molecular flexibility index (Phi) is 13.7. The Labute approximate surface area is 590 Å². The number of hydrogen-bond donors (Lipinski definition) is 0. The highest BCUT2D eigenvalue weighted by molar-refractivity contribution is 5.90. The van der Waals surface area contributed by atoms with Gasteiger partial charge in [-0.3, -0.25) is 19.9 Å². The van der Waals surface area contributed by atoms with Crippen molar-refractivity contribution in [2.75, 3.05) is 0 Å². The molecule has 0 radical (unpaired) electrons. The van der Waals surface area contributed by atoms with Gasteiger partial charge in [-0.05, 0) is 226 Å². The van der Waals surface area contributed by atoms with Crippen LogP contribution in [0, 0.1) is 55.4 Å². The summed E-state index contributed by atoms with van der Waals surface area (Å²) in [6.45, 7) is 17.8. The minimum Gasteiger partial charge on any atom is -0.257 e. The topological polar surface area (TPSA) is 76.1 Å². The fraction of sp³-hybridized carbons (Fsp3) is 0.183.